The molecule has 8 heteroatoms. The topological polar surface area (TPSA) is 85.0 Å². The maximum atomic E-state index is 12.2. The van der Waals surface area contributed by atoms with Crippen molar-refractivity contribution in [2.75, 3.05) is 18.0 Å². The molecule has 0 aliphatic carbocycles. The van der Waals surface area contributed by atoms with Gasteiger partial charge in [0, 0.05) is 51.8 Å². The van der Waals surface area contributed by atoms with E-state index in [-0.39, 0.29) is 17.5 Å². The summed E-state index contributed by atoms with van der Waals surface area (Å²) in [4.78, 5) is 30.5. The van der Waals surface area contributed by atoms with E-state index >= 15 is 0 Å². The molecule has 8 nitrogen and oxygen atoms in total. The molecule has 1 saturated heterocycles. The number of nitrogens with zero attached hydrogens (tertiary/aromatic N) is 5. The minimum atomic E-state index is -0.189. The van der Waals surface area contributed by atoms with Crippen LogP contribution in [0.25, 0.3) is 0 Å². The lowest BCUT2D eigenvalue weighted by Crippen LogP contribution is -2.49. The van der Waals surface area contributed by atoms with Gasteiger partial charge in [0.1, 0.15) is 5.69 Å². The van der Waals surface area contributed by atoms with Crippen LogP contribution in [0.4, 0.5) is 5.82 Å². The van der Waals surface area contributed by atoms with Crippen LogP contribution >= 0.6 is 0 Å². The van der Waals surface area contributed by atoms with Crippen molar-refractivity contribution in [3.8, 4) is 0 Å². The van der Waals surface area contributed by atoms with Gasteiger partial charge in [0.15, 0.2) is 5.82 Å². The van der Waals surface area contributed by atoms with Crippen LogP contribution in [0.2, 0.25) is 0 Å². The average Bonchev–Trinajstić information content (AvgIpc) is 2.97. The molecule has 1 unspecified atom stereocenters. The molecular formula is C15H20N6O2. The van der Waals surface area contributed by atoms with Gasteiger partial charge in [0.25, 0.3) is 11.5 Å². The van der Waals surface area contributed by atoms with Crippen LogP contribution in [0.3, 0.4) is 0 Å². The van der Waals surface area contributed by atoms with Crippen LogP contribution in [0.1, 0.15) is 23.3 Å². The van der Waals surface area contributed by atoms with E-state index < -0.39 is 0 Å². The summed E-state index contributed by atoms with van der Waals surface area (Å²) in [5.74, 6) is 0.248. The molecule has 1 atom stereocenters. The molecule has 1 fully saturated rings. The largest absolute Gasteiger partial charge is 0.350 e. The summed E-state index contributed by atoms with van der Waals surface area (Å²) in [5, 5.41) is 7.09. The molecule has 23 heavy (non-hydrogen) atoms. The molecule has 1 aliphatic heterocycles. The molecule has 0 radical (unpaired) electrons. The highest BCUT2D eigenvalue weighted by molar-refractivity contribution is 5.92. The maximum absolute atomic E-state index is 12.2. The van der Waals surface area contributed by atoms with Gasteiger partial charge in [-0.05, 0) is 18.9 Å². The fourth-order valence-corrected chi connectivity index (χ4v) is 2.78. The van der Waals surface area contributed by atoms with Crippen LogP contribution in [-0.4, -0.2) is 44.4 Å². The summed E-state index contributed by atoms with van der Waals surface area (Å²) in [7, 11) is 3.48. The zero-order valence-electron chi connectivity index (χ0n) is 13.3. The highest BCUT2D eigenvalue weighted by Gasteiger charge is 2.25. The van der Waals surface area contributed by atoms with Crippen LogP contribution in [-0.2, 0) is 14.1 Å². The molecule has 2 aromatic heterocycles. The van der Waals surface area contributed by atoms with Crippen molar-refractivity contribution in [2.45, 2.75) is 18.9 Å². The Morgan fingerprint density at radius 2 is 2.17 bits per heavy atom. The number of aromatic nitrogens is 4. The number of nitrogens with one attached hydrogen (secondary N) is 1. The molecular weight excluding hydrogens is 296 g/mol. The van der Waals surface area contributed by atoms with Crippen molar-refractivity contribution < 1.29 is 4.79 Å². The molecule has 3 rings (SSSR count). The summed E-state index contributed by atoms with van der Waals surface area (Å²) in [6.45, 7) is 1.34. The molecule has 122 valence electrons. The fourth-order valence-electron chi connectivity index (χ4n) is 2.78. The third-order valence-electron chi connectivity index (χ3n) is 4.00. The zero-order chi connectivity index (χ0) is 16.4. The first-order valence-electron chi connectivity index (χ1n) is 7.61. The van der Waals surface area contributed by atoms with E-state index in [1.54, 1.807) is 43.4 Å². The lowest BCUT2D eigenvalue weighted by Gasteiger charge is -2.33. The minimum Gasteiger partial charge on any atom is -0.350 e. The van der Waals surface area contributed by atoms with Gasteiger partial charge in [-0.3, -0.25) is 14.3 Å². The maximum Gasteiger partial charge on any atom is 0.293 e. The first kappa shape index (κ1) is 15.3. The highest BCUT2D eigenvalue weighted by Crippen LogP contribution is 2.14. The van der Waals surface area contributed by atoms with E-state index in [0.717, 1.165) is 19.4 Å². The number of amides is 1. The van der Waals surface area contributed by atoms with Crippen molar-refractivity contribution in [1.29, 1.82) is 0 Å². The Bertz CT molecular complexity index is 765. The van der Waals surface area contributed by atoms with Crippen LogP contribution < -0.4 is 15.8 Å². The van der Waals surface area contributed by atoms with Crippen molar-refractivity contribution >= 4 is 11.7 Å². The first-order chi connectivity index (χ1) is 11.0. The smallest absolute Gasteiger partial charge is 0.293 e. The van der Waals surface area contributed by atoms with E-state index in [1.165, 1.54) is 4.57 Å². The third kappa shape index (κ3) is 3.25. The van der Waals surface area contributed by atoms with Gasteiger partial charge in [-0.1, -0.05) is 0 Å². The molecule has 0 bridgehead atoms. The van der Waals surface area contributed by atoms with Gasteiger partial charge < -0.3 is 14.8 Å². The van der Waals surface area contributed by atoms with Gasteiger partial charge in [0.2, 0.25) is 0 Å². The number of rotatable bonds is 3. The molecule has 2 aromatic rings. The normalized spacial score (nSPS) is 18.0. The molecule has 1 N–H and O–H groups in total. The van der Waals surface area contributed by atoms with Gasteiger partial charge >= 0.3 is 0 Å². The van der Waals surface area contributed by atoms with Crippen LogP contribution in [0.5, 0.6) is 0 Å². The summed E-state index contributed by atoms with van der Waals surface area (Å²) in [6, 6.07) is 1.66. The Kier molecular flexibility index (Phi) is 4.14. The number of carbonyl (C=O) groups excluding carboxylic acids is 1. The summed E-state index contributed by atoms with van der Waals surface area (Å²) < 4.78 is 3.11. The van der Waals surface area contributed by atoms with E-state index in [1.807, 2.05) is 4.90 Å². The Morgan fingerprint density at radius 1 is 1.35 bits per heavy atom. The Morgan fingerprint density at radius 3 is 2.91 bits per heavy atom. The van der Waals surface area contributed by atoms with Crippen molar-refractivity contribution in [3.63, 3.8) is 0 Å². The third-order valence-corrected chi connectivity index (χ3v) is 4.00. The quantitative estimate of drug-likeness (QED) is 0.855. The van der Waals surface area contributed by atoms with Crippen molar-refractivity contribution in [1.82, 2.24) is 24.6 Å². The number of piperidine rings is 1. The molecule has 0 spiro atoms. The molecule has 0 saturated carbocycles. The minimum absolute atomic E-state index is 0.0232. The van der Waals surface area contributed by atoms with E-state index in [9.17, 15) is 9.59 Å². The number of anilines is 1. The van der Waals surface area contributed by atoms with Gasteiger partial charge in [0.05, 0.1) is 0 Å². The van der Waals surface area contributed by atoms with Gasteiger partial charge in [-0.25, -0.2) is 4.98 Å². The predicted molar refractivity (Wildman–Crippen MR) is 85.4 cm³/mol. The second-order valence-corrected chi connectivity index (χ2v) is 5.80. The van der Waals surface area contributed by atoms with Gasteiger partial charge in [-0.15, -0.1) is 0 Å². The predicted octanol–water partition coefficient (Wildman–Crippen LogP) is -0.0874. The fraction of sp³-hybridized carbons (Fsp3) is 0.467. The molecule has 3 heterocycles. The van der Waals surface area contributed by atoms with Crippen LogP contribution in [0.15, 0.2) is 29.5 Å². The number of carbonyl (C=O) groups is 1. The lowest BCUT2D eigenvalue weighted by molar-refractivity contribution is 0.0927. The van der Waals surface area contributed by atoms with E-state index in [0.29, 0.717) is 18.1 Å². The summed E-state index contributed by atoms with van der Waals surface area (Å²) >= 11 is 0. The first-order valence-corrected chi connectivity index (χ1v) is 7.61. The summed E-state index contributed by atoms with van der Waals surface area (Å²) in [5.41, 5.74) is 0.280. The number of hydrogen-bond acceptors (Lipinski definition) is 5. The molecule has 1 amide bonds. The SMILES string of the molecule is Cn1ccc(C(=O)NC2CCCN(c3nccn(C)c3=O)C2)n1. The number of hydrogen-bond donors (Lipinski definition) is 1. The van der Waals surface area contributed by atoms with Crippen molar-refractivity contribution in [2.24, 2.45) is 14.1 Å². The highest BCUT2D eigenvalue weighted by atomic mass is 16.2. The standard InChI is InChI=1S/C15H20N6O2/c1-19-9-6-16-13(15(19)23)21-7-3-4-11(10-21)17-14(22)12-5-8-20(2)18-12/h5-6,8-9,11H,3-4,7,10H2,1-2H3,(H,17,22). The lowest BCUT2D eigenvalue weighted by atomic mass is 10.1. The molecule has 0 aromatic carbocycles. The Labute approximate surface area is 133 Å². The monoisotopic (exact) mass is 316 g/mol. The number of aryl methyl sites for hydroxylation is 2. The molecule has 1 aliphatic rings. The van der Waals surface area contributed by atoms with E-state index in [4.69, 9.17) is 0 Å². The average molecular weight is 316 g/mol. The van der Waals surface area contributed by atoms with Gasteiger partial charge in [-0.2, -0.15) is 5.10 Å². The Balaban J connectivity index is 1.70. The van der Waals surface area contributed by atoms with Crippen LogP contribution in [0, 0.1) is 0 Å². The second kappa shape index (κ2) is 6.23. The summed E-state index contributed by atoms with van der Waals surface area (Å²) in [6.07, 6.45) is 6.76. The van der Waals surface area contributed by atoms with Crippen molar-refractivity contribution in [3.05, 3.63) is 40.7 Å². The second-order valence-electron chi connectivity index (χ2n) is 5.80. The Hall–Kier alpha value is -2.64. The van der Waals surface area contributed by atoms with E-state index in [2.05, 4.69) is 15.4 Å². The zero-order valence-corrected chi connectivity index (χ0v) is 13.3.